The summed E-state index contributed by atoms with van der Waals surface area (Å²) < 4.78 is 0. The maximum absolute atomic E-state index is 3.46. The molecular formula is C13H19BrSi. The highest BCUT2D eigenvalue weighted by atomic mass is 79.9. The lowest BCUT2D eigenvalue weighted by atomic mass is 10.2. The van der Waals surface area contributed by atoms with E-state index in [1.165, 1.54) is 24.4 Å². The SMILES string of the molecule is BrCCCC[SiH2]C=CCc1ccccc1. The molecule has 0 aliphatic heterocycles. The van der Waals surface area contributed by atoms with E-state index in [0.717, 1.165) is 11.8 Å². The number of benzene rings is 1. The molecule has 82 valence electrons. The summed E-state index contributed by atoms with van der Waals surface area (Å²) in [4.78, 5) is 0. The fourth-order valence-corrected chi connectivity index (χ4v) is 3.16. The first-order chi connectivity index (χ1) is 7.43. The summed E-state index contributed by atoms with van der Waals surface area (Å²) in [6, 6.07) is 12.1. The van der Waals surface area contributed by atoms with Crippen molar-refractivity contribution < 1.29 is 0 Å². The molecule has 0 spiro atoms. The molecule has 0 heterocycles. The Bertz CT molecular complexity index is 269. The van der Waals surface area contributed by atoms with E-state index in [9.17, 15) is 0 Å². The quantitative estimate of drug-likeness (QED) is 0.408. The van der Waals surface area contributed by atoms with Gasteiger partial charge < -0.3 is 0 Å². The second kappa shape index (κ2) is 8.92. The number of rotatable bonds is 7. The minimum absolute atomic E-state index is 0.0737. The van der Waals surface area contributed by atoms with Crippen LogP contribution in [0.1, 0.15) is 18.4 Å². The van der Waals surface area contributed by atoms with Crippen molar-refractivity contribution in [1.29, 1.82) is 0 Å². The van der Waals surface area contributed by atoms with Gasteiger partial charge in [-0.05, 0) is 18.4 Å². The Morgan fingerprint density at radius 3 is 2.67 bits per heavy atom. The molecule has 0 aromatic heterocycles. The number of allylic oxidation sites excluding steroid dienone is 1. The van der Waals surface area contributed by atoms with Gasteiger partial charge in [-0.3, -0.25) is 0 Å². The summed E-state index contributed by atoms with van der Waals surface area (Å²) in [6.07, 6.45) is 6.18. The van der Waals surface area contributed by atoms with E-state index < -0.39 is 0 Å². The van der Waals surface area contributed by atoms with Crippen molar-refractivity contribution in [2.24, 2.45) is 0 Å². The number of alkyl halides is 1. The molecule has 0 bridgehead atoms. The number of unbranched alkanes of at least 4 members (excludes halogenated alkanes) is 1. The van der Waals surface area contributed by atoms with E-state index in [1.54, 1.807) is 0 Å². The van der Waals surface area contributed by atoms with Gasteiger partial charge in [0.25, 0.3) is 0 Å². The first kappa shape index (κ1) is 12.7. The van der Waals surface area contributed by atoms with E-state index in [2.05, 4.69) is 58.0 Å². The van der Waals surface area contributed by atoms with Gasteiger partial charge in [0.2, 0.25) is 0 Å². The van der Waals surface area contributed by atoms with E-state index in [4.69, 9.17) is 0 Å². The molecule has 1 rings (SSSR count). The first-order valence-electron chi connectivity index (χ1n) is 5.68. The zero-order valence-corrected chi connectivity index (χ0v) is 12.2. The highest BCUT2D eigenvalue weighted by Gasteiger charge is 1.87. The van der Waals surface area contributed by atoms with Crippen LogP contribution in [0.15, 0.2) is 42.1 Å². The van der Waals surface area contributed by atoms with Crippen molar-refractivity contribution >= 4 is 25.4 Å². The molecule has 0 atom stereocenters. The molecule has 0 aliphatic carbocycles. The van der Waals surface area contributed by atoms with Gasteiger partial charge in [-0.2, -0.15) is 0 Å². The molecule has 0 saturated carbocycles. The Morgan fingerprint density at radius 2 is 1.93 bits per heavy atom. The Morgan fingerprint density at radius 1 is 1.13 bits per heavy atom. The topological polar surface area (TPSA) is 0 Å². The van der Waals surface area contributed by atoms with Crippen LogP contribution < -0.4 is 0 Å². The van der Waals surface area contributed by atoms with Crippen molar-refractivity contribution in [2.75, 3.05) is 5.33 Å². The van der Waals surface area contributed by atoms with Gasteiger partial charge in [-0.15, -0.1) is 5.70 Å². The molecule has 0 unspecified atom stereocenters. The average Bonchev–Trinajstić information content (AvgIpc) is 2.29. The Labute approximate surface area is 104 Å². The van der Waals surface area contributed by atoms with Gasteiger partial charge in [0.15, 0.2) is 0 Å². The third-order valence-corrected chi connectivity index (χ3v) is 4.50. The molecule has 0 fully saturated rings. The highest BCUT2D eigenvalue weighted by molar-refractivity contribution is 9.09. The predicted octanol–water partition coefficient (Wildman–Crippen LogP) is 3.51. The normalized spacial score (nSPS) is 11.8. The van der Waals surface area contributed by atoms with E-state index in [1.807, 2.05) is 0 Å². The van der Waals surface area contributed by atoms with Crippen LogP contribution >= 0.6 is 15.9 Å². The number of hydrogen-bond acceptors (Lipinski definition) is 0. The van der Waals surface area contributed by atoms with Crippen molar-refractivity contribution in [1.82, 2.24) is 0 Å². The molecular weight excluding hydrogens is 264 g/mol. The van der Waals surface area contributed by atoms with Gasteiger partial charge in [0.1, 0.15) is 0 Å². The third kappa shape index (κ3) is 6.69. The Kier molecular flexibility index (Phi) is 7.57. The van der Waals surface area contributed by atoms with Crippen molar-refractivity contribution in [3.05, 3.63) is 47.7 Å². The van der Waals surface area contributed by atoms with Gasteiger partial charge in [-0.25, -0.2) is 0 Å². The summed E-state index contributed by atoms with van der Waals surface area (Å²) in [7, 11) is 0.0737. The molecule has 1 aromatic carbocycles. The van der Waals surface area contributed by atoms with Crippen molar-refractivity contribution in [3.63, 3.8) is 0 Å². The smallest absolute Gasteiger partial charge is 0.0450 e. The van der Waals surface area contributed by atoms with E-state index >= 15 is 0 Å². The fraction of sp³-hybridized carbons (Fsp3) is 0.385. The number of halogens is 1. The summed E-state index contributed by atoms with van der Waals surface area (Å²) in [6.45, 7) is 0. The summed E-state index contributed by atoms with van der Waals surface area (Å²) in [5.41, 5.74) is 3.87. The monoisotopic (exact) mass is 282 g/mol. The Hall–Kier alpha value is -0.343. The molecule has 2 heteroatoms. The van der Waals surface area contributed by atoms with Gasteiger partial charge in [-0.1, -0.05) is 64.8 Å². The van der Waals surface area contributed by atoms with Gasteiger partial charge >= 0.3 is 0 Å². The predicted molar refractivity (Wildman–Crippen MR) is 75.7 cm³/mol. The summed E-state index contributed by atoms with van der Waals surface area (Å²) in [5, 5.41) is 1.16. The third-order valence-electron chi connectivity index (χ3n) is 2.37. The Balaban J connectivity index is 2.07. The molecule has 0 nitrogen and oxygen atoms in total. The standard InChI is InChI=1S/C13H19BrSi/c14-10-4-5-11-15-12-6-9-13-7-2-1-3-8-13/h1-3,6-8,12H,4-5,9-11,15H2. The van der Waals surface area contributed by atoms with Crippen LogP contribution in [0.5, 0.6) is 0 Å². The van der Waals surface area contributed by atoms with Gasteiger partial charge in [0, 0.05) is 14.8 Å². The maximum Gasteiger partial charge on any atom is 0.0450 e. The van der Waals surface area contributed by atoms with E-state index in [-0.39, 0.29) is 9.52 Å². The van der Waals surface area contributed by atoms with Crippen LogP contribution in [0.4, 0.5) is 0 Å². The number of hydrogen-bond donors (Lipinski definition) is 0. The lowest BCUT2D eigenvalue weighted by molar-refractivity contribution is 0.896. The fourth-order valence-electron chi connectivity index (χ4n) is 1.48. The van der Waals surface area contributed by atoms with E-state index in [0.29, 0.717) is 0 Å². The van der Waals surface area contributed by atoms with Crippen LogP contribution in [0.3, 0.4) is 0 Å². The second-order valence-electron chi connectivity index (χ2n) is 3.70. The van der Waals surface area contributed by atoms with Crippen LogP contribution in [0.2, 0.25) is 6.04 Å². The maximum atomic E-state index is 3.46. The average molecular weight is 283 g/mol. The minimum Gasteiger partial charge on any atom is -0.105 e. The summed E-state index contributed by atoms with van der Waals surface area (Å²) >= 11 is 3.46. The molecule has 0 N–H and O–H groups in total. The van der Waals surface area contributed by atoms with Crippen LogP contribution in [0, 0.1) is 0 Å². The summed E-state index contributed by atoms with van der Waals surface area (Å²) in [5.74, 6) is 0. The molecule has 15 heavy (non-hydrogen) atoms. The molecule has 0 aliphatic rings. The van der Waals surface area contributed by atoms with Gasteiger partial charge in [0.05, 0.1) is 0 Å². The first-order valence-corrected chi connectivity index (χ1v) is 8.62. The lowest BCUT2D eigenvalue weighted by Crippen LogP contribution is -1.86. The lowest BCUT2D eigenvalue weighted by Gasteiger charge is -1.95. The van der Waals surface area contributed by atoms with Crippen molar-refractivity contribution in [3.8, 4) is 0 Å². The van der Waals surface area contributed by atoms with Crippen LogP contribution in [-0.4, -0.2) is 14.8 Å². The zero-order valence-electron chi connectivity index (χ0n) is 9.16. The second-order valence-corrected chi connectivity index (χ2v) is 6.25. The minimum atomic E-state index is 0.0737. The largest absolute Gasteiger partial charge is 0.105 e. The van der Waals surface area contributed by atoms with Crippen molar-refractivity contribution in [2.45, 2.75) is 25.3 Å². The van der Waals surface area contributed by atoms with Crippen LogP contribution in [0.25, 0.3) is 0 Å². The molecule has 0 amide bonds. The molecule has 1 aromatic rings. The molecule has 0 saturated heterocycles. The molecule has 0 radical (unpaired) electrons. The highest BCUT2D eigenvalue weighted by Crippen LogP contribution is 2.01. The van der Waals surface area contributed by atoms with Crippen LogP contribution in [-0.2, 0) is 6.42 Å². The zero-order chi connectivity index (χ0) is 10.8.